The number of amides is 1. The Morgan fingerprint density at radius 1 is 1.18 bits per heavy atom. The van der Waals surface area contributed by atoms with Crippen LogP contribution in [0.3, 0.4) is 0 Å². The van der Waals surface area contributed by atoms with Gasteiger partial charge < -0.3 is 4.90 Å². The zero-order chi connectivity index (χ0) is 20.3. The minimum atomic E-state index is -3.90. The molecule has 0 spiro atoms. The van der Waals surface area contributed by atoms with Gasteiger partial charge in [-0.1, -0.05) is 13.0 Å². The van der Waals surface area contributed by atoms with Gasteiger partial charge in [-0.05, 0) is 74.1 Å². The molecule has 0 heterocycles. The highest BCUT2D eigenvalue weighted by Gasteiger charge is 2.28. The molecule has 3 rings (SSSR count). The first-order valence-electron chi connectivity index (χ1n) is 9.48. The minimum Gasteiger partial charge on any atom is -0.338 e. The Kier molecular flexibility index (Phi) is 6.03. The van der Waals surface area contributed by atoms with Crippen molar-refractivity contribution in [1.29, 1.82) is 0 Å². The molecule has 0 radical (unpaired) electrons. The lowest BCUT2D eigenvalue weighted by atomic mass is 10.1. The van der Waals surface area contributed by atoms with Gasteiger partial charge in [0, 0.05) is 24.3 Å². The summed E-state index contributed by atoms with van der Waals surface area (Å²) in [5.74, 6) is -0.0327. The maximum Gasteiger partial charge on any atom is 0.262 e. The number of nitrogens with zero attached hydrogens (tertiary/aromatic N) is 1. The number of hydrogen-bond donors (Lipinski definition) is 1. The number of benzene rings is 2. The standard InChI is InChI=1S/C21H25FN2O3S/c1-3-12-24(14-16-5-6-16)21(25)17-7-4-15(2)20(13-17)28(26,27)23-19-10-8-18(22)9-11-19/h4,7-11,13,16,23H,3,5-6,12,14H2,1-2H3. The molecule has 1 saturated carbocycles. The van der Waals surface area contributed by atoms with Crippen LogP contribution in [0, 0.1) is 18.7 Å². The van der Waals surface area contributed by atoms with Gasteiger partial charge in [-0.2, -0.15) is 0 Å². The second kappa shape index (κ2) is 8.31. The molecule has 1 amide bonds. The summed E-state index contributed by atoms with van der Waals surface area (Å²) in [7, 11) is -3.90. The van der Waals surface area contributed by atoms with E-state index in [0.29, 0.717) is 23.6 Å². The lowest BCUT2D eigenvalue weighted by Crippen LogP contribution is -2.33. The number of carbonyl (C=O) groups is 1. The summed E-state index contributed by atoms with van der Waals surface area (Å²) in [6, 6.07) is 9.83. The first-order valence-corrected chi connectivity index (χ1v) is 11.0. The Labute approximate surface area is 165 Å². The molecular formula is C21H25FN2O3S. The maximum absolute atomic E-state index is 13.1. The van der Waals surface area contributed by atoms with E-state index in [-0.39, 0.29) is 16.5 Å². The number of nitrogens with one attached hydrogen (secondary N) is 1. The molecule has 150 valence electrons. The molecule has 2 aromatic rings. The van der Waals surface area contributed by atoms with Crippen LogP contribution in [0.4, 0.5) is 10.1 Å². The summed E-state index contributed by atoms with van der Waals surface area (Å²) in [5.41, 5.74) is 1.16. The predicted octanol–water partition coefficient (Wildman–Crippen LogP) is 4.20. The Bertz CT molecular complexity index is 954. The second-order valence-corrected chi connectivity index (χ2v) is 8.94. The molecule has 1 fully saturated rings. The highest BCUT2D eigenvalue weighted by molar-refractivity contribution is 7.92. The van der Waals surface area contributed by atoms with Crippen molar-refractivity contribution in [2.45, 2.75) is 38.0 Å². The van der Waals surface area contributed by atoms with Crippen LogP contribution in [0.15, 0.2) is 47.4 Å². The number of rotatable bonds is 8. The van der Waals surface area contributed by atoms with E-state index >= 15 is 0 Å². The molecule has 1 aliphatic rings. The number of sulfonamides is 1. The van der Waals surface area contributed by atoms with Crippen LogP contribution < -0.4 is 4.72 Å². The molecule has 0 unspecified atom stereocenters. The minimum absolute atomic E-state index is 0.0468. The number of aryl methyl sites for hydroxylation is 1. The van der Waals surface area contributed by atoms with E-state index in [1.165, 1.54) is 30.3 Å². The summed E-state index contributed by atoms with van der Waals surface area (Å²) < 4.78 is 41.2. The van der Waals surface area contributed by atoms with Gasteiger partial charge in [0.2, 0.25) is 0 Å². The zero-order valence-electron chi connectivity index (χ0n) is 16.1. The molecule has 5 nitrogen and oxygen atoms in total. The van der Waals surface area contributed by atoms with Gasteiger partial charge in [0.1, 0.15) is 5.82 Å². The van der Waals surface area contributed by atoms with Crippen LogP contribution in [-0.2, 0) is 10.0 Å². The Balaban J connectivity index is 1.87. The van der Waals surface area contributed by atoms with Crippen LogP contribution in [0.5, 0.6) is 0 Å². The highest BCUT2D eigenvalue weighted by atomic mass is 32.2. The summed E-state index contributed by atoms with van der Waals surface area (Å²) in [5, 5.41) is 0. The zero-order valence-corrected chi connectivity index (χ0v) is 16.9. The highest BCUT2D eigenvalue weighted by Crippen LogP contribution is 2.30. The SMILES string of the molecule is CCCN(CC1CC1)C(=O)c1ccc(C)c(S(=O)(=O)Nc2ccc(F)cc2)c1. The fraction of sp³-hybridized carbons (Fsp3) is 0.381. The van der Waals surface area contributed by atoms with Crippen molar-refractivity contribution in [2.75, 3.05) is 17.8 Å². The molecule has 0 aliphatic heterocycles. The van der Waals surface area contributed by atoms with Gasteiger partial charge >= 0.3 is 0 Å². The van der Waals surface area contributed by atoms with Crippen molar-refractivity contribution in [3.63, 3.8) is 0 Å². The van der Waals surface area contributed by atoms with Gasteiger partial charge in [0.05, 0.1) is 4.90 Å². The van der Waals surface area contributed by atoms with Crippen LogP contribution in [-0.4, -0.2) is 32.3 Å². The average Bonchev–Trinajstić information content (AvgIpc) is 3.47. The summed E-state index contributed by atoms with van der Waals surface area (Å²) in [6.45, 7) is 5.07. The average molecular weight is 405 g/mol. The third-order valence-electron chi connectivity index (χ3n) is 4.78. The molecule has 28 heavy (non-hydrogen) atoms. The lowest BCUT2D eigenvalue weighted by Gasteiger charge is -2.22. The molecule has 0 bridgehead atoms. The smallest absolute Gasteiger partial charge is 0.262 e. The van der Waals surface area contributed by atoms with Crippen LogP contribution in [0.2, 0.25) is 0 Å². The van der Waals surface area contributed by atoms with Crippen LogP contribution >= 0.6 is 0 Å². The monoisotopic (exact) mass is 404 g/mol. The van der Waals surface area contributed by atoms with E-state index in [9.17, 15) is 17.6 Å². The number of carbonyl (C=O) groups excluding carboxylic acids is 1. The third-order valence-corrected chi connectivity index (χ3v) is 6.30. The van der Waals surface area contributed by atoms with Gasteiger partial charge in [-0.15, -0.1) is 0 Å². The fourth-order valence-electron chi connectivity index (χ4n) is 3.09. The van der Waals surface area contributed by atoms with Crippen molar-refractivity contribution in [2.24, 2.45) is 5.92 Å². The molecule has 0 aromatic heterocycles. The number of anilines is 1. The van der Waals surface area contributed by atoms with Crippen molar-refractivity contribution < 1.29 is 17.6 Å². The Morgan fingerprint density at radius 2 is 1.86 bits per heavy atom. The van der Waals surface area contributed by atoms with E-state index < -0.39 is 15.8 Å². The molecule has 7 heteroatoms. The largest absolute Gasteiger partial charge is 0.338 e. The van der Waals surface area contributed by atoms with Crippen molar-refractivity contribution in [3.8, 4) is 0 Å². The first kappa shape index (κ1) is 20.3. The van der Waals surface area contributed by atoms with E-state index in [1.54, 1.807) is 19.1 Å². The van der Waals surface area contributed by atoms with Crippen molar-refractivity contribution in [1.82, 2.24) is 4.90 Å². The van der Waals surface area contributed by atoms with Gasteiger partial charge in [-0.3, -0.25) is 9.52 Å². The maximum atomic E-state index is 13.1. The quantitative estimate of drug-likeness (QED) is 0.717. The van der Waals surface area contributed by atoms with E-state index in [4.69, 9.17) is 0 Å². The van der Waals surface area contributed by atoms with Crippen molar-refractivity contribution >= 4 is 21.6 Å². The molecule has 0 atom stereocenters. The van der Waals surface area contributed by atoms with E-state index in [0.717, 1.165) is 25.8 Å². The molecule has 2 aromatic carbocycles. The Morgan fingerprint density at radius 3 is 2.46 bits per heavy atom. The fourth-order valence-corrected chi connectivity index (χ4v) is 4.42. The van der Waals surface area contributed by atoms with Gasteiger partial charge in [0.25, 0.3) is 15.9 Å². The van der Waals surface area contributed by atoms with E-state index in [1.807, 2.05) is 11.8 Å². The summed E-state index contributed by atoms with van der Waals surface area (Å²) >= 11 is 0. The summed E-state index contributed by atoms with van der Waals surface area (Å²) in [4.78, 5) is 14.8. The Hall–Kier alpha value is -2.41. The third kappa shape index (κ3) is 4.90. The van der Waals surface area contributed by atoms with Gasteiger partial charge in [-0.25, -0.2) is 12.8 Å². The van der Waals surface area contributed by atoms with E-state index in [2.05, 4.69) is 4.72 Å². The molecule has 1 aliphatic carbocycles. The number of halogens is 1. The van der Waals surface area contributed by atoms with Gasteiger partial charge in [0.15, 0.2) is 0 Å². The molecule has 1 N–H and O–H groups in total. The number of hydrogen-bond acceptors (Lipinski definition) is 3. The topological polar surface area (TPSA) is 66.5 Å². The molecular weight excluding hydrogens is 379 g/mol. The normalized spacial score (nSPS) is 14.0. The van der Waals surface area contributed by atoms with Crippen LogP contribution in [0.1, 0.15) is 42.1 Å². The predicted molar refractivity (Wildman–Crippen MR) is 107 cm³/mol. The van der Waals surface area contributed by atoms with Crippen molar-refractivity contribution in [3.05, 3.63) is 59.4 Å². The first-order chi connectivity index (χ1) is 13.3. The lowest BCUT2D eigenvalue weighted by molar-refractivity contribution is 0.0747. The van der Waals surface area contributed by atoms with Crippen LogP contribution in [0.25, 0.3) is 0 Å². The summed E-state index contributed by atoms with van der Waals surface area (Å²) in [6.07, 6.45) is 3.13. The molecule has 0 saturated heterocycles. The second-order valence-electron chi connectivity index (χ2n) is 7.29.